The molecule has 32 heavy (non-hydrogen) atoms. The largest absolute Gasteiger partial charge is 0.378 e. The van der Waals surface area contributed by atoms with Crippen LogP contribution < -0.4 is 4.90 Å². The van der Waals surface area contributed by atoms with Gasteiger partial charge in [0.1, 0.15) is 5.78 Å². The van der Waals surface area contributed by atoms with E-state index in [0.29, 0.717) is 30.5 Å². The molecule has 2 aromatic carbocycles. The van der Waals surface area contributed by atoms with E-state index in [9.17, 15) is 4.79 Å². The summed E-state index contributed by atoms with van der Waals surface area (Å²) in [4.78, 5) is 15.4. The summed E-state index contributed by atoms with van der Waals surface area (Å²) >= 11 is 0. The van der Waals surface area contributed by atoms with Gasteiger partial charge in [0, 0.05) is 32.6 Å². The number of rotatable bonds is 9. The maximum atomic E-state index is 13.2. The third kappa shape index (κ3) is 5.95. The van der Waals surface area contributed by atoms with E-state index in [1.807, 2.05) is 0 Å². The first kappa shape index (κ1) is 26.5. The first-order valence-electron chi connectivity index (χ1n) is 12.1. The zero-order valence-corrected chi connectivity index (χ0v) is 21.7. The molecule has 1 aliphatic carbocycles. The highest BCUT2D eigenvalue weighted by atomic mass is 35.5. The summed E-state index contributed by atoms with van der Waals surface area (Å²) in [6, 6.07) is 15.6. The van der Waals surface area contributed by atoms with Gasteiger partial charge < -0.3 is 4.90 Å². The van der Waals surface area contributed by atoms with Gasteiger partial charge in [-0.2, -0.15) is 0 Å². The molecule has 176 valence electrons. The Morgan fingerprint density at radius 2 is 1.44 bits per heavy atom. The minimum atomic E-state index is 0. The van der Waals surface area contributed by atoms with E-state index in [0.717, 1.165) is 6.42 Å². The molecule has 3 rings (SSSR count). The standard InChI is InChI=1S/C29H41NO.ClH/c1-21(2)26-10-9-11-27(22(3)4)28(26)20-25(31)16-19-29(17-7-8-18-29)23-12-14-24(15-13-23)30(5)6;/h9-15,21-22H,7-8,16-20H2,1-6H3;1H. The Morgan fingerprint density at radius 3 is 1.91 bits per heavy atom. The topological polar surface area (TPSA) is 20.3 Å². The molecule has 1 aliphatic rings. The number of anilines is 1. The minimum Gasteiger partial charge on any atom is -0.378 e. The molecule has 0 aromatic heterocycles. The average Bonchev–Trinajstić information content (AvgIpc) is 3.22. The highest BCUT2D eigenvalue weighted by molar-refractivity contribution is 5.85. The summed E-state index contributed by atoms with van der Waals surface area (Å²) in [7, 11) is 4.17. The maximum absolute atomic E-state index is 13.2. The minimum absolute atomic E-state index is 0. The third-order valence-corrected chi connectivity index (χ3v) is 7.31. The van der Waals surface area contributed by atoms with E-state index in [1.165, 1.54) is 53.6 Å². The van der Waals surface area contributed by atoms with Crippen molar-refractivity contribution < 1.29 is 4.79 Å². The van der Waals surface area contributed by atoms with Crippen LogP contribution in [-0.2, 0) is 16.6 Å². The Bertz CT molecular complexity index is 850. The molecule has 0 radical (unpaired) electrons. The second-order valence-electron chi connectivity index (χ2n) is 10.4. The highest BCUT2D eigenvalue weighted by Crippen LogP contribution is 2.45. The van der Waals surface area contributed by atoms with Crippen molar-refractivity contribution in [2.75, 3.05) is 19.0 Å². The number of ketones is 1. The van der Waals surface area contributed by atoms with Crippen molar-refractivity contribution >= 4 is 23.9 Å². The summed E-state index contributed by atoms with van der Waals surface area (Å²) in [5, 5.41) is 0. The van der Waals surface area contributed by atoms with E-state index >= 15 is 0 Å². The lowest BCUT2D eigenvalue weighted by molar-refractivity contribution is -0.118. The van der Waals surface area contributed by atoms with Gasteiger partial charge in [-0.25, -0.2) is 0 Å². The third-order valence-electron chi connectivity index (χ3n) is 7.31. The Balaban J connectivity index is 0.00000363. The number of hydrogen-bond donors (Lipinski definition) is 0. The van der Waals surface area contributed by atoms with Crippen molar-refractivity contribution in [3.63, 3.8) is 0 Å². The van der Waals surface area contributed by atoms with Gasteiger partial charge in [-0.05, 0) is 70.9 Å². The van der Waals surface area contributed by atoms with Gasteiger partial charge in [0.15, 0.2) is 0 Å². The first-order valence-corrected chi connectivity index (χ1v) is 12.1. The predicted molar refractivity (Wildman–Crippen MR) is 141 cm³/mol. The monoisotopic (exact) mass is 455 g/mol. The lowest BCUT2D eigenvalue weighted by Crippen LogP contribution is -2.24. The molecule has 0 bridgehead atoms. The molecule has 0 N–H and O–H groups in total. The average molecular weight is 456 g/mol. The molecule has 2 aromatic rings. The molecule has 1 saturated carbocycles. The normalized spacial score (nSPS) is 15.1. The van der Waals surface area contributed by atoms with Crippen molar-refractivity contribution in [3.8, 4) is 0 Å². The van der Waals surface area contributed by atoms with Gasteiger partial charge in [-0.1, -0.05) is 70.9 Å². The Morgan fingerprint density at radius 1 is 0.906 bits per heavy atom. The fraction of sp³-hybridized carbons (Fsp3) is 0.552. The molecular weight excluding hydrogens is 414 g/mol. The van der Waals surface area contributed by atoms with Gasteiger partial charge in [-0.15, -0.1) is 12.4 Å². The SMILES string of the molecule is CC(C)c1cccc(C(C)C)c1CC(=O)CCC1(c2ccc(N(C)C)cc2)CCCC1.Cl. The van der Waals surface area contributed by atoms with Crippen molar-refractivity contribution in [2.24, 2.45) is 0 Å². The van der Waals surface area contributed by atoms with Gasteiger partial charge >= 0.3 is 0 Å². The number of nitrogens with zero attached hydrogens (tertiary/aromatic N) is 1. The molecule has 3 heteroatoms. The van der Waals surface area contributed by atoms with Crippen LogP contribution in [0, 0.1) is 0 Å². The summed E-state index contributed by atoms with van der Waals surface area (Å²) in [6.07, 6.45) is 7.21. The van der Waals surface area contributed by atoms with Crippen molar-refractivity contribution in [1.82, 2.24) is 0 Å². The lowest BCUT2D eigenvalue weighted by atomic mass is 9.74. The number of benzene rings is 2. The van der Waals surface area contributed by atoms with Crippen LogP contribution in [0.25, 0.3) is 0 Å². The van der Waals surface area contributed by atoms with E-state index in [4.69, 9.17) is 0 Å². The van der Waals surface area contributed by atoms with Crippen LogP contribution in [0.1, 0.15) is 100 Å². The van der Waals surface area contributed by atoms with Gasteiger partial charge in [0.25, 0.3) is 0 Å². The van der Waals surface area contributed by atoms with Crippen LogP contribution in [0.3, 0.4) is 0 Å². The molecule has 0 atom stereocenters. The number of hydrogen-bond acceptors (Lipinski definition) is 2. The fourth-order valence-corrected chi connectivity index (χ4v) is 5.42. The summed E-state index contributed by atoms with van der Waals surface area (Å²) < 4.78 is 0. The van der Waals surface area contributed by atoms with Crippen LogP contribution in [0.15, 0.2) is 42.5 Å². The quantitative estimate of drug-likeness (QED) is 0.384. The Labute approximate surface area is 202 Å². The Hall–Kier alpha value is -1.80. The molecule has 0 spiro atoms. The highest BCUT2D eigenvalue weighted by Gasteiger charge is 2.35. The second-order valence-corrected chi connectivity index (χ2v) is 10.4. The van der Waals surface area contributed by atoms with Gasteiger partial charge in [0.05, 0.1) is 0 Å². The molecule has 0 heterocycles. The second kappa shape index (κ2) is 11.4. The van der Waals surface area contributed by atoms with E-state index in [2.05, 4.69) is 89.2 Å². The summed E-state index contributed by atoms with van der Waals surface area (Å²) in [5.41, 5.74) is 6.81. The van der Waals surface area contributed by atoms with E-state index in [-0.39, 0.29) is 17.8 Å². The summed E-state index contributed by atoms with van der Waals surface area (Å²) in [6.45, 7) is 8.94. The fourth-order valence-electron chi connectivity index (χ4n) is 5.42. The molecule has 0 unspecified atom stereocenters. The van der Waals surface area contributed by atoms with Crippen LogP contribution in [0.4, 0.5) is 5.69 Å². The van der Waals surface area contributed by atoms with Gasteiger partial charge in [0.2, 0.25) is 0 Å². The smallest absolute Gasteiger partial charge is 0.137 e. The number of carbonyl (C=O) groups is 1. The summed E-state index contributed by atoms with van der Waals surface area (Å²) in [5.74, 6) is 1.28. The van der Waals surface area contributed by atoms with Crippen LogP contribution in [-0.4, -0.2) is 19.9 Å². The molecule has 0 amide bonds. The number of carbonyl (C=O) groups excluding carboxylic acids is 1. The van der Waals surface area contributed by atoms with E-state index < -0.39 is 0 Å². The molecule has 0 aliphatic heterocycles. The van der Waals surface area contributed by atoms with Gasteiger partial charge in [-0.3, -0.25) is 4.79 Å². The number of Topliss-reactive ketones (excluding diaryl/α,β-unsaturated/α-hetero) is 1. The lowest BCUT2D eigenvalue weighted by Gasteiger charge is -2.30. The molecule has 2 nitrogen and oxygen atoms in total. The molecule has 1 fully saturated rings. The van der Waals surface area contributed by atoms with Crippen molar-refractivity contribution in [2.45, 2.75) is 89.9 Å². The zero-order chi connectivity index (χ0) is 22.6. The van der Waals surface area contributed by atoms with Crippen LogP contribution in [0.5, 0.6) is 0 Å². The van der Waals surface area contributed by atoms with Crippen LogP contribution in [0.2, 0.25) is 0 Å². The van der Waals surface area contributed by atoms with Crippen LogP contribution >= 0.6 is 12.4 Å². The zero-order valence-electron chi connectivity index (χ0n) is 20.9. The Kier molecular flexibility index (Phi) is 9.40. The molecule has 0 saturated heterocycles. The predicted octanol–water partition coefficient (Wildman–Crippen LogP) is 7.83. The first-order chi connectivity index (χ1) is 14.7. The van der Waals surface area contributed by atoms with E-state index in [1.54, 1.807) is 0 Å². The van der Waals surface area contributed by atoms with Crippen molar-refractivity contribution in [1.29, 1.82) is 0 Å². The maximum Gasteiger partial charge on any atom is 0.137 e. The van der Waals surface area contributed by atoms with Crippen molar-refractivity contribution in [3.05, 3.63) is 64.7 Å². The number of halogens is 1. The molecular formula is C29H42ClNO.